The van der Waals surface area contributed by atoms with E-state index in [0.717, 1.165) is 12.8 Å². The summed E-state index contributed by atoms with van der Waals surface area (Å²) >= 11 is 0. The van der Waals surface area contributed by atoms with E-state index in [1.54, 1.807) is 13.0 Å². The topological polar surface area (TPSA) is 20.2 Å². The van der Waals surface area contributed by atoms with E-state index in [9.17, 15) is 0 Å². The van der Waals surface area contributed by atoms with Gasteiger partial charge in [-0.2, -0.15) is 0 Å². The summed E-state index contributed by atoms with van der Waals surface area (Å²) < 4.78 is 0. The summed E-state index contributed by atoms with van der Waals surface area (Å²) in [4.78, 5) is 0. The van der Waals surface area contributed by atoms with Crippen LogP contribution in [0.25, 0.3) is 0 Å². The van der Waals surface area contributed by atoms with Crippen molar-refractivity contribution in [3.05, 3.63) is 49.1 Å². The summed E-state index contributed by atoms with van der Waals surface area (Å²) in [6, 6.07) is 0. The lowest BCUT2D eigenvalue weighted by Crippen LogP contribution is -1.96. The molecule has 0 rings (SSSR count). The maximum absolute atomic E-state index is 8.95. The minimum absolute atomic E-state index is 0.200. The fraction of sp³-hybridized carbons (Fsp3) is 0.333. The molecule has 0 amide bonds. The Morgan fingerprint density at radius 3 is 2.38 bits per heavy atom. The summed E-state index contributed by atoms with van der Waals surface area (Å²) in [7, 11) is 0. The first kappa shape index (κ1) is 11.9. The second-order valence-corrected chi connectivity index (χ2v) is 2.86. The largest absolute Gasteiger partial charge is 0.393 e. The van der Waals surface area contributed by atoms with Crippen LogP contribution in [0.3, 0.4) is 0 Å². The Kier molecular flexibility index (Phi) is 8.26. The summed E-state index contributed by atoms with van der Waals surface area (Å²) in [5.41, 5.74) is 0. The molecule has 0 aromatic carbocycles. The highest BCUT2D eigenvalue weighted by atomic mass is 16.3. The van der Waals surface area contributed by atoms with Crippen LogP contribution >= 0.6 is 0 Å². The van der Waals surface area contributed by atoms with Crippen LogP contribution in [0, 0.1) is 0 Å². The third-order valence-corrected chi connectivity index (χ3v) is 1.47. The molecule has 1 N–H and O–H groups in total. The van der Waals surface area contributed by atoms with Crippen LogP contribution in [0.2, 0.25) is 0 Å². The molecule has 0 heterocycles. The van der Waals surface area contributed by atoms with Crippen molar-refractivity contribution in [3.63, 3.8) is 0 Å². The van der Waals surface area contributed by atoms with Crippen LogP contribution in [0.1, 0.15) is 19.8 Å². The maximum Gasteiger partial charge on any atom is 0.0515 e. The molecular weight excluding hydrogens is 160 g/mol. The van der Waals surface area contributed by atoms with Gasteiger partial charge in [0, 0.05) is 0 Å². The van der Waals surface area contributed by atoms with Gasteiger partial charge < -0.3 is 5.11 Å². The number of aliphatic hydroxyl groups is 1. The van der Waals surface area contributed by atoms with Crippen LogP contribution in [-0.2, 0) is 0 Å². The average molecular weight is 178 g/mol. The molecule has 1 nitrogen and oxygen atoms in total. The van der Waals surface area contributed by atoms with Gasteiger partial charge in [0.05, 0.1) is 6.10 Å². The molecule has 72 valence electrons. The van der Waals surface area contributed by atoms with E-state index in [1.165, 1.54) is 0 Å². The van der Waals surface area contributed by atoms with Crippen molar-refractivity contribution >= 4 is 0 Å². The molecule has 0 saturated heterocycles. The molecule has 0 fully saturated rings. The maximum atomic E-state index is 8.95. The third kappa shape index (κ3) is 10.9. The fourth-order valence-corrected chi connectivity index (χ4v) is 0.783. The van der Waals surface area contributed by atoms with Gasteiger partial charge in [0.2, 0.25) is 0 Å². The predicted molar refractivity (Wildman–Crippen MR) is 58.5 cm³/mol. The van der Waals surface area contributed by atoms with E-state index < -0.39 is 0 Å². The Labute approximate surface area is 80.8 Å². The summed E-state index contributed by atoms with van der Waals surface area (Å²) in [5, 5.41) is 8.95. The van der Waals surface area contributed by atoms with Gasteiger partial charge in [-0.15, -0.1) is 0 Å². The Morgan fingerprint density at radius 2 is 1.77 bits per heavy atom. The first-order valence-electron chi connectivity index (χ1n) is 4.56. The second kappa shape index (κ2) is 9.01. The quantitative estimate of drug-likeness (QED) is 0.620. The minimum Gasteiger partial charge on any atom is -0.393 e. The highest BCUT2D eigenvalue weighted by molar-refractivity contribution is 5.14. The van der Waals surface area contributed by atoms with Crippen LogP contribution in [0.15, 0.2) is 49.1 Å². The molecule has 1 heteroatoms. The van der Waals surface area contributed by atoms with Crippen LogP contribution < -0.4 is 0 Å². The summed E-state index contributed by atoms with van der Waals surface area (Å²) in [5.74, 6) is 0. The van der Waals surface area contributed by atoms with Crippen molar-refractivity contribution in [3.8, 4) is 0 Å². The summed E-state index contributed by atoms with van der Waals surface area (Å²) in [6.07, 6.45) is 15.0. The van der Waals surface area contributed by atoms with Gasteiger partial charge >= 0.3 is 0 Å². The van der Waals surface area contributed by atoms with E-state index in [-0.39, 0.29) is 6.10 Å². The molecule has 0 saturated carbocycles. The molecule has 0 aliphatic carbocycles. The molecule has 0 aromatic heterocycles. The van der Waals surface area contributed by atoms with E-state index >= 15 is 0 Å². The van der Waals surface area contributed by atoms with Gasteiger partial charge in [-0.25, -0.2) is 0 Å². The third-order valence-electron chi connectivity index (χ3n) is 1.47. The minimum atomic E-state index is -0.200. The zero-order chi connectivity index (χ0) is 9.94. The van der Waals surface area contributed by atoms with Crippen molar-refractivity contribution in [2.75, 3.05) is 0 Å². The zero-order valence-corrected chi connectivity index (χ0v) is 8.19. The Hall–Kier alpha value is -1.08. The molecule has 0 aliphatic rings. The smallest absolute Gasteiger partial charge is 0.0515 e. The summed E-state index contributed by atoms with van der Waals surface area (Å²) in [6.45, 7) is 5.36. The Bertz CT molecular complexity index is 197. The molecule has 0 aliphatic heterocycles. The number of aliphatic hydroxyl groups excluding tert-OH is 1. The van der Waals surface area contributed by atoms with E-state index in [4.69, 9.17) is 5.11 Å². The molecule has 1 atom stereocenters. The predicted octanol–water partition coefficient (Wildman–Crippen LogP) is 3.00. The van der Waals surface area contributed by atoms with Gasteiger partial charge in [0.1, 0.15) is 0 Å². The molecule has 13 heavy (non-hydrogen) atoms. The van der Waals surface area contributed by atoms with Gasteiger partial charge in [-0.3, -0.25) is 0 Å². The van der Waals surface area contributed by atoms with Crippen molar-refractivity contribution in [1.82, 2.24) is 0 Å². The number of hydrogen-bond acceptors (Lipinski definition) is 1. The highest BCUT2D eigenvalue weighted by Gasteiger charge is 1.89. The zero-order valence-electron chi connectivity index (χ0n) is 8.19. The lowest BCUT2D eigenvalue weighted by molar-refractivity contribution is 0.186. The second-order valence-electron chi connectivity index (χ2n) is 2.86. The standard InChI is InChI=1S/C12H18O/c1-3-4-5-6-7-8-9-10-11-12(2)13/h3-9,12-13H,1,10-11H2,2H3/b5-4+,7-6+,9-8+. The van der Waals surface area contributed by atoms with Crippen LogP contribution in [0.5, 0.6) is 0 Å². The van der Waals surface area contributed by atoms with Gasteiger partial charge in [-0.1, -0.05) is 49.1 Å². The van der Waals surface area contributed by atoms with Gasteiger partial charge in [-0.05, 0) is 19.8 Å². The highest BCUT2D eigenvalue weighted by Crippen LogP contribution is 1.96. The lowest BCUT2D eigenvalue weighted by Gasteiger charge is -1.97. The van der Waals surface area contributed by atoms with Crippen LogP contribution in [0.4, 0.5) is 0 Å². The fourth-order valence-electron chi connectivity index (χ4n) is 0.783. The number of allylic oxidation sites excluding steroid dienone is 7. The van der Waals surface area contributed by atoms with Gasteiger partial charge in [0.15, 0.2) is 0 Å². The van der Waals surface area contributed by atoms with E-state index in [2.05, 4.69) is 6.58 Å². The lowest BCUT2D eigenvalue weighted by atomic mass is 10.2. The van der Waals surface area contributed by atoms with Crippen molar-refractivity contribution in [1.29, 1.82) is 0 Å². The average Bonchev–Trinajstić information content (AvgIpc) is 2.09. The molecule has 0 radical (unpaired) electrons. The van der Waals surface area contributed by atoms with Gasteiger partial charge in [0.25, 0.3) is 0 Å². The van der Waals surface area contributed by atoms with E-state index in [0.29, 0.717) is 0 Å². The normalized spacial score (nSPS) is 14.6. The first-order chi connectivity index (χ1) is 6.27. The Balaban J connectivity index is 3.45. The molecular formula is C12H18O. The van der Waals surface area contributed by atoms with E-state index in [1.807, 2.05) is 36.5 Å². The van der Waals surface area contributed by atoms with Crippen molar-refractivity contribution in [2.24, 2.45) is 0 Å². The molecule has 0 bridgehead atoms. The molecule has 0 spiro atoms. The number of hydrogen-bond donors (Lipinski definition) is 1. The SMILES string of the molecule is C=C/C=C/C=C/C=C/CCC(C)O. The first-order valence-corrected chi connectivity index (χ1v) is 4.56. The number of rotatable bonds is 6. The van der Waals surface area contributed by atoms with Crippen molar-refractivity contribution in [2.45, 2.75) is 25.9 Å². The molecule has 0 aromatic rings. The Morgan fingerprint density at radius 1 is 1.15 bits per heavy atom. The van der Waals surface area contributed by atoms with Crippen LogP contribution in [-0.4, -0.2) is 11.2 Å². The monoisotopic (exact) mass is 178 g/mol. The van der Waals surface area contributed by atoms with Crippen molar-refractivity contribution < 1.29 is 5.11 Å². The molecule has 1 unspecified atom stereocenters.